The molecule has 1 heterocycles. The number of benzene rings is 1. The van der Waals surface area contributed by atoms with Crippen LogP contribution in [-0.4, -0.2) is 41.4 Å². The molecule has 0 saturated carbocycles. The molecule has 0 atom stereocenters. The Hall–Kier alpha value is -2.06. The van der Waals surface area contributed by atoms with Crippen LogP contribution >= 0.6 is 24.0 Å². The normalized spacial score (nSPS) is 15.8. The zero-order valence-corrected chi connectivity index (χ0v) is 15.6. The summed E-state index contributed by atoms with van der Waals surface area (Å²) >= 11 is 6.41. The molecule has 25 heavy (non-hydrogen) atoms. The highest BCUT2D eigenvalue weighted by molar-refractivity contribution is 8.26. The Bertz CT molecular complexity index is 717. The third kappa shape index (κ3) is 4.96. The highest BCUT2D eigenvalue weighted by atomic mass is 32.2. The van der Waals surface area contributed by atoms with Crippen molar-refractivity contribution >= 4 is 46.3 Å². The largest absolute Gasteiger partial charge is 0.550 e. The molecule has 2 rings (SSSR count). The number of carbonyl (C=O) groups is 2. The van der Waals surface area contributed by atoms with E-state index in [1.807, 2.05) is 13.0 Å². The summed E-state index contributed by atoms with van der Waals surface area (Å²) in [5.74, 6) is -0.137. The lowest BCUT2D eigenvalue weighted by atomic mass is 10.2. The number of carboxylic acids is 1. The maximum atomic E-state index is 12.5. The minimum atomic E-state index is -1.14. The van der Waals surface area contributed by atoms with E-state index in [2.05, 4.69) is 0 Å². The molecule has 0 aromatic heterocycles. The van der Waals surface area contributed by atoms with Gasteiger partial charge in [0, 0.05) is 12.5 Å². The van der Waals surface area contributed by atoms with Crippen LogP contribution in [0.25, 0.3) is 6.08 Å². The third-order valence-electron chi connectivity index (χ3n) is 3.42. The lowest BCUT2D eigenvalue weighted by molar-refractivity contribution is -0.305. The van der Waals surface area contributed by atoms with Gasteiger partial charge in [-0.15, -0.1) is 0 Å². The number of hydrogen-bond donors (Lipinski definition) is 0. The summed E-state index contributed by atoms with van der Waals surface area (Å²) < 4.78 is 11.2. The number of thiocarbonyl (C=S) groups is 1. The highest BCUT2D eigenvalue weighted by Gasteiger charge is 2.31. The van der Waals surface area contributed by atoms with Gasteiger partial charge in [-0.3, -0.25) is 9.69 Å². The van der Waals surface area contributed by atoms with E-state index < -0.39 is 5.97 Å². The molecule has 0 N–H and O–H groups in total. The van der Waals surface area contributed by atoms with E-state index in [0.29, 0.717) is 33.8 Å². The number of hydrogen-bond acceptors (Lipinski definition) is 7. The fourth-order valence-corrected chi connectivity index (χ4v) is 3.59. The summed E-state index contributed by atoms with van der Waals surface area (Å²) in [6, 6.07) is 5.40. The van der Waals surface area contributed by atoms with Crippen LogP contribution in [-0.2, 0) is 9.59 Å². The lowest BCUT2D eigenvalue weighted by Crippen LogP contribution is -2.30. The summed E-state index contributed by atoms with van der Waals surface area (Å²) in [5.41, 5.74) is 0.791. The minimum absolute atomic E-state index is 0.105. The Labute approximate surface area is 155 Å². The van der Waals surface area contributed by atoms with Crippen molar-refractivity contribution in [2.24, 2.45) is 0 Å². The first-order valence-corrected chi connectivity index (χ1v) is 8.94. The van der Waals surface area contributed by atoms with E-state index in [9.17, 15) is 14.7 Å². The highest BCUT2D eigenvalue weighted by Crippen LogP contribution is 2.34. The summed E-state index contributed by atoms with van der Waals surface area (Å²) in [6.07, 6.45) is 1.94. The number of rotatable bonds is 8. The van der Waals surface area contributed by atoms with Crippen LogP contribution in [0.2, 0.25) is 0 Å². The van der Waals surface area contributed by atoms with Gasteiger partial charge in [0.05, 0.1) is 18.6 Å². The van der Waals surface area contributed by atoms with Crippen molar-refractivity contribution < 1.29 is 24.2 Å². The van der Waals surface area contributed by atoms with E-state index in [4.69, 9.17) is 21.7 Å². The number of methoxy groups -OCH3 is 1. The molecule has 0 spiro atoms. The van der Waals surface area contributed by atoms with E-state index in [0.717, 1.165) is 5.56 Å². The van der Waals surface area contributed by atoms with Gasteiger partial charge in [-0.2, -0.15) is 0 Å². The second-order valence-electron chi connectivity index (χ2n) is 5.15. The van der Waals surface area contributed by atoms with Crippen LogP contribution in [0.4, 0.5) is 0 Å². The van der Waals surface area contributed by atoms with Crippen LogP contribution < -0.4 is 14.6 Å². The number of nitrogens with zero attached hydrogens (tertiary/aromatic N) is 1. The minimum Gasteiger partial charge on any atom is -0.550 e. The number of carboxylic acid groups (broad SMARTS) is 1. The monoisotopic (exact) mass is 380 g/mol. The predicted molar refractivity (Wildman–Crippen MR) is 98.3 cm³/mol. The fraction of sp³-hybridized carbons (Fsp3) is 0.353. The van der Waals surface area contributed by atoms with E-state index in [-0.39, 0.29) is 18.9 Å². The molecular formula is C17H18NO5S2-. The smallest absolute Gasteiger partial charge is 0.266 e. The number of thioether (sulfide) groups is 1. The van der Waals surface area contributed by atoms with Gasteiger partial charge >= 0.3 is 0 Å². The standard InChI is InChI=1S/C17H19NO5S2/c1-3-23-13-9-11(6-7-12(13)22-2)10-14-16(21)18(17(24)25-14)8-4-5-15(19)20/h6-7,9-10H,3-5,8H2,1-2H3,(H,19,20)/p-1/b14-10-. The molecule has 1 saturated heterocycles. The Balaban J connectivity index is 2.15. The van der Waals surface area contributed by atoms with Gasteiger partial charge in [0.25, 0.3) is 5.91 Å². The number of aliphatic carboxylic acids is 1. The zero-order chi connectivity index (χ0) is 18.4. The predicted octanol–water partition coefficient (Wildman–Crippen LogP) is 1.83. The summed E-state index contributed by atoms with van der Waals surface area (Å²) in [7, 11) is 1.56. The van der Waals surface area contributed by atoms with Gasteiger partial charge in [0.1, 0.15) is 4.32 Å². The van der Waals surface area contributed by atoms with Crippen molar-refractivity contribution in [1.29, 1.82) is 0 Å². The van der Waals surface area contributed by atoms with Crippen molar-refractivity contribution in [3.8, 4) is 11.5 Å². The molecule has 6 nitrogen and oxygen atoms in total. The fourth-order valence-electron chi connectivity index (χ4n) is 2.28. The molecule has 1 aliphatic heterocycles. The lowest BCUT2D eigenvalue weighted by Gasteiger charge is -2.14. The summed E-state index contributed by atoms with van der Waals surface area (Å²) in [6.45, 7) is 2.65. The summed E-state index contributed by atoms with van der Waals surface area (Å²) in [4.78, 5) is 24.9. The van der Waals surface area contributed by atoms with Crippen LogP contribution in [0.5, 0.6) is 11.5 Å². The second kappa shape index (κ2) is 8.87. The molecule has 0 aliphatic carbocycles. The first-order valence-electron chi connectivity index (χ1n) is 7.72. The molecule has 0 radical (unpaired) electrons. The molecule has 1 aliphatic rings. The average molecular weight is 380 g/mol. The second-order valence-corrected chi connectivity index (χ2v) is 6.83. The van der Waals surface area contributed by atoms with Gasteiger partial charge in [-0.25, -0.2) is 0 Å². The quantitative estimate of drug-likeness (QED) is 0.503. The number of amides is 1. The van der Waals surface area contributed by atoms with Gasteiger partial charge in [-0.1, -0.05) is 30.0 Å². The maximum absolute atomic E-state index is 12.5. The van der Waals surface area contributed by atoms with Crippen molar-refractivity contribution in [2.75, 3.05) is 20.3 Å². The zero-order valence-electron chi connectivity index (χ0n) is 13.9. The number of ether oxygens (including phenoxy) is 2. The van der Waals surface area contributed by atoms with Crippen LogP contribution in [0.3, 0.4) is 0 Å². The number of carbonyl (C=O) groups excluding carboxylic acids is 2. The van der Waals surface area contributed by atoms with Crippen molar-refractivity contribution in [2.45, 2.75) is 19.8 Å². The van der Waals surface area contributed by atoms with E-state index >= 15 is 0 Å². The van der Waals surface area contributed by atoms with Gasteiger partial charge < -0.3 is 19.4 Å². The molecule has 0 bridgehead atoms. The van der Waals surface area contributed by atoms with Crippen molar-refractivity contribution in [3.05, 3.63) is 28.7 Å². The van der Waals surface area contributed by atoms with Crippen LogP contribution in [0.15, 0.2) is 23.1 Å². The van der Waals surface area contributed by atoms with E-state index in [1.54, 1.807) is 25.3 Å². The maximum Gasteiger partial charge on any atom is 0.266 e. The molecule has 1 amide bonds. The average Bonchev–Trinajstić information content (AvgIpc) is 2.82. The molecule has 1 fully saturated rings. The summed E-state index contributed by atoms with van der Waals surface area (Å²) in [5, 5.41) is 10.5. The Morgan fingerprint density at radius 2 is 2.16 bits per heavy atom. The van der Waals surface area contributed by atoms with Gasteiger partial charge in [0.2, 0.25) is 0 Å². The molecule has 134 valence electrons. The first-order chi connectivity index (χ1) is 12.0. The Kier molecular flexibility index (Phi) is 6.83. The van der Waals surface area contributed by atoms with Gasteiger partial charge in [-0.05, 0) is 43.5 Å². The third-order valence-corrected chi connectivity index (χ3v) is 4.80. The topological polar surface area (TPSA) is 78.9 Å². The molecule has 0 unspecified atom stereocenters. The first kappa shape index (κ1) is 19.3. The van der Waals surface area contributed by atoms with Crippen LogP contribution in [0, 0.1) is 0 Å². The molecule has 8 heteroatoms. The van der Waals surface area contributed by atoms with E-state index in [1.165, 1.54) is 16.7 Å². The molecular weight excluding hydrogens is 362 g/mol. The van der Waals surface area contributed by atoms with Crippen molar-refractivity contribution in [3.63, 3.8) is 0 Å². The SMILES string of the molecule is CCOc1cc(/C=C2\SC(=S)N(CCCC(=O)[O-])C2=O)ccc1OC. The van der Waals surface area contributed by atoms with Gasteiger partial charge in [0.15, 0.2) is 11.5 Å². The van der Waals surface area contributed by atoms with Crippen molar-refractivity contribution in [1.82, 2.24) is 4.90 Å². The Morgan fingerprint density at radius 1 is 1.40 bits per heavy atom. The molecule has 1 aromatic carbocycles. The molecule has 1 aromatic rings. The van der Waals surface area contributed by atoms with Crippen LogP contribution in [0.1, 0.15) is 25.3 Å². The Morgan fingerprint density at radius 3 is 2.80 bits per heavy atom.